The molecular formula is C29H34N6O9. The predicted octanol–water partition coefficient (Wildman–Crippen LogP) is -0.0145. The van der Waals surface area contributed by atoms with Gasteiger partial charge in [-0.05, 0) is 45.0 Å². The number of anilines is 1. The number of phenols is 1. The number of likely N-dealkylation sites (N-methyl/N-ethyl adjacent to an activating group) is 1. The van der Waals surface area contributed by atoms with Crippen molar-refractivity contribution in [1.29, 1.82) is 0 Å². The van der Waals surface area contributed by atoms with Crippen molar-refractivity contribution < 1.29 is 44.7 Å². The average Bonchev–Trinajstić information content (AvgIpc) is 3.37. The summed E-state index contributed by atoms with van der Waals surface area (Å²) in [6.45, 7) is 5.08. The number of nitrogens with one attached hydrogen (secondary N) is 1. The van der Waals surface area contributed by atoms with Crippen LogP contribution in [-0.4, -0.2) is 100 Å². The van der Waals surface area contributed by atoms with Crippen LogP contribution in [0.5, 0.6) is 5.75 Å². The fraction of sp³-hybridized carbons (Fsp3) is 0.448. The summed E-state index contributed by atoms with van der Waals surface area (Å²) < 4.78 is 1.56. The lowest BCUT2D eigenvalue weighted by Gasteiger charge is -2.53. The number of aliphatic hydroxyl groups excluding tert-OH is 3. The molecule has 5 rings (SSSR count). The molecule has 0 radical (unpaired) electrons. The van der Waals surface area contributed by atoms with Crippen molar-refractivity contribution in [2.45, 2.75) is 56.9 Å². The number of hydrogen-bond donors (Lipinski definition) is 7. The maximum absolute atomic E-state index is 14.1. The Morgan fingerprint density at radius 2 is 1.86 bits per heavy atom. The van der Waals surface area contributed by atoms with E-state index in [1.54, 1.807) is 25.3 Å². The monoisotopic (exact) mass is 610 g/mol. The summed E-state index contributed by atoms with van der Waals surface area (Å²) in [5.74, 6) is -9.99. The van der Waals surface area contributed by atoms with Crippen LogP contribution >= 0.6 is 0 Å². The van der Waals surface area contributed by atoms with Crippen molar-refractivity contribution in [3.63, 3.8) is 0 Å². The van der Waals surface area contributed by atoms with Crippen molar-refractivity contribution in [2.24, 2.45) is 17.6 Å². The van der Waals surface area contributed by atoms with E-state index in [1.165, 1.54) is 37.5 Å². The predicted molar refractivity (Wildman–Crippen MR) is 153 cm³/mol. The number of benzene rings is 1. The number of aliphatic hydroxyl groups is 4. The first kappa shape index (κ1) is 30.8. The van der Waals surface area contributed by atoms with Gasteiger partial charge in [0.15, 0.2) is 11.4 Å². The molecule has 0 spiro atoms. The summed E-state index contributed by atoms with van der Waals surface area (Å²) >= 11 is 0. The molecule has 5 unspecified atom stereocenters. The van der Waals surface area contributed by atoms with Gasteiger partial charge in [0.05, 0.1) is 29.3 Å². The number of nitrogens with zero attached hydrogens (tertiary/aromatic N) is 4. The van der Waals surface area contributed by atoms with Crippen LogP contribution < -0.4 is 11.1 Å². The van der Waals surface area contributed by atoms with Gasteiger partial charge in [-0.3, -0.25) is 24.1 Å². The fourth-order valence-electron chi connectivity index (χ4n) is 7.05. The second-order valence-corrected chi connectivity index (χ2v) is 11.7. The van der Waals surface area contributed by atoms with Gasteiger partial charge in [0, 0.05) is 11.5 Å². The Hall–Kier alpha value is -4.60. The van der Waals surface area contributed by atoms with Crippen molar-refractivity contribution in [3.05, 3.63) is 52.3 Å². The number of nitrogens with two attached hydrogens (primary N) is 1. The zero-order valence-corrected chi connectivity index (χ0v) is 24.6. The maximum Gasteiger partial charge on any atom is 0.255 e. The van der Waals surface area contributed by atoms with Crippen molar-refractivity contribution in [2.75, 3.05) is 19.4 Å². The van der Waals surface area contributed by atoms with Crippen LogP contribution in [0.2, 0.25) is 0 Å². The minimum absolute atomic E-state index is 0.0918. The third-order valence-corrected chi connectivity index (χ3v) is 9.16. The van der Waals surface area contributed by atoms with Crippen LogP contribution in [0.15, 0.2) is 35.4 Å². The molecule has 3 aliphatic rings. The Morgan fingerprint density at radius 1 is 1.20 bits per heavy atom. The third kappa shape index (κ3) is 4.07. The van der Waals surface area contributed by atoms with Gasteiger partial charge >= 0.3 is 0 Å². The van der Waals surface area contributed by atoms with Crippen molar-refractivity contribution in [3.8, 4) is 5.75 Å². The number of hydrogen-bond acceptors (Lipinski definition) is 12. The number of carbonyl (C=O) groups excluding carboxylic acids is 4. The van der Waals surface area contributed by atoms with Gasteiger partial charge in [-0.15, -0.1) is 10.2 Å². The van der Waals surface area contributed by atoms with Crippen molar-refractivity contribution >= 4 is 34.8 Å². The molecule has 0 aliphatic heterocycles. The molecule has 2 amide bonds. The molecule has 15 heteroatoms. The van der Waals surface area contributed by atoms with Crippen LogP contribution in [0, 0.1) is 18.8 Å². The molecule has 1 aromatic carbocycles. The van der Waals surface area contributed by atoms with E-state index < -0.39 is 93.3 Å². The van der Waals surface area contributed by atoms with Gasteiger partial charge in [0.2, 0.25) is 11.7 Å². The number of Topliss-reactive ketones (excluding diaryl/α,β-unsaturated/α-hetero) is 2. The molecule has 7 atom stereocenters. The SMILES string of the molecule is CCC(C(=O)Nc1ccc2c(c1O)C(O)=C1C(=O)[C@]3(O)C(O)=C(C(N)=O)C(=O)[C@@H](N(C)C)C3C(O)C1C2C)n1cnnc1C. The first-order valence-electron chi connectivity index (χ1n) is 14.0. The maximum atomic E-state index is 14.1. The first-order valence-corrected chi connectivity index (χ1v) is 14.0. The molecule has 44 heavy (non-hydrogen) atoms. The van der Waals surface area contributed by atoms with E-state index in [0.717, 1.165) is 0 Å². The lowest BCUT2D eigenvalue weighted by molar-refractivity contribution is -0.169. The van der Waals surface area contributed by atoms with E-state index in [9.17, 15) is 44.7 Å². The number of rotatable bonds is 6. The van der Waals surface area contributed by atoms with Crippen molar-refractivity contribution in [1.82, 2.24) is 19.7 Å². The molecule has 1 aromatic heterocycles. The van der Waals surface area contributed by atoms with E-state index >= 15 is 0 Å². The zero-order chi connectivity index (χ0) is 32.6. The number of ketones is 2. The molecule has 2 aromatic rings. The van der Waals surface area contributed by atoms with Gasteiger partial charge in [-0.1, -0.05) is 19.9 Å². The first-order chi connectivity index (χ1) is 20.6. The minimum Gasteiger partial charge on any atom is -0.508 e. The van der Waals surface area contributed by atoms with Gasteiger partial charge < -0.3 is 41.2 Å². The molecule has 0 bridgehead atoms. The molecule has 8 N–H and O–H groups in total. The third-order valence-electron chi connectivity index (χ3n) is 9.16. The normalized spacial score (nSPS) is 28.9. The van der Waals surface area contributed by atoms with Gasteiger partial charge in [0.25, 0.3) is 5.91 Å². The molecule has 1 heterocycles. The standard InChI is InChI=1S/C29H34N6O9/c1-6-14(35-9-31-33-11(35)3)28(43)32-13-8-7-12-10(2)15-17(22(37)16(12)21(13)36)25(40)29(44)19(23(15)38)20(34(4)5)24(39)18(26(29)41)27(30)42/h7-10,14-15,19-20,23,36-38,41,44H,6H2,1-5H3,(H2,30,42)(H,32,43)/t10?,14?,15?,19?,20-,23?,29-/m0/s1. The summed E-state index contributed by atoms with van der Waals surface area (Å²) in [5.41, 5.74) is 0.799. The summed E-state index contributed by atoms with van der Waals surface area (Å²) in [6.07, 6.45) is 0.0564. The Labute approximate surface area is 251 Å². The highest BCUT2D eigenvalue weighted by atomic mass is 16.4. The quantitative estimate of drug-likeness (QED) is 0.169. The molecule has 234 valence electrons. The lowest BCUT2D eigenvalue weighted by Crippen LogP contribution is -2.70. The van der Waals surface area contributed by atoms with E-state index in [-0.39, 0.29) is 11.3 Å². The number of carbonyl (C=O) groups is 4. The van der Waals surface area contributed by atoms with E-state index in [1.807, 2.05) is 0 Å². The Kier molecular flexibility index (Phi) is 7.39. The Balaban J connectivity index is 1.65. The number of aryl methyl sites for hydroxylation is 1. The van der Waals surface area contributed by atoms with Crippen LogP contribution in [-0.2, 0) is 19.2 Å². The molecular weight excluding hydrogens is 576 g/mol. The topological polar surface area (TPSA) is 241 Å². The number of aromatic hydroxyl groups is 1. The molecule has 1 fully saturated rings. The highest BCUT2D eigenvalue weighted by Crippen LogP contribution is 2.56. The van der Waals surface area contributed by atoms with Crippen LogP contribution in [0.4, 0.5) is 5.69 Å². The average molecular weight is 611 g/mol. The van der Waals surface area contributed by atoms with Gasteiger partial charge in [-0.25, -0.2) is 0 Å². The van der Waals surface area contributed by atoms with E-state index in [0.29, 0.717) is 17.8 Å². The number of fused-ring (bicyclic) bond motifs is 3. The minimum atomic E-state index is -3.02. The van der Waals surface area contributed by atoms with Crippen LogP contribution in [0.25, 0.3) is 5.76 Å². The fourth-order valence-corrected chi connectivity index (χ4v) is 7.05. The number of amides is 2. The highest BCUT2D eigenvalue weighted by molar-refractivity contribution is 6.24. The largest absolute Gasteiger partial charge is 0.508 e. The second kappa shape index (κ2) is 10.5. The second-order valence-electron chi connectivity index (χ2n) is 11.7. The number of primary amides is 1. The number of aromatic nitrogens is 3. The van der Waals surface area contributed by atoms with Crippen LogP contribution in [0.1, 0.15) is 49.2 Å². The Bertz CT molecular complexity index is 1680. The zero-order valence-electron chi connectivity index (χ0n) is 24.6. The number of phenolic OH excluding ortho intramolecular Hbond substituents is 1. The summed E-state index contributed by atoms with van der Waals surface area (Å²) in [5, 5.41) is 67.7. The summed E-state index contributed by atoms with van der Waals surface area (Å²) in [7, 11) is 2.87. The molecule has 1 saturated carbocycles. The molecule has 0 saturated heterocycles. The molecule has 3 aliphatic carbocycles. The van der Waals surface area contributed by atoms with E-state index in [4.69, 9.17) is 5.73 Å². The van der Waals surface area contributed by atoms with Crippen LogP contribution in [0.3, 0.4) is 0 Å². The molecule has 15 nitrogen and oxygen atoms in total. The lowest BCUT2D eigenvalue weighted by atomic mass is 9.54. The van der Waals surface area contributed by atoms with E-state index in [2.05, 4.69) is 15.5 Å². The van der Waals surface area contributed by atoms with Gasteiger partial charge in [0.1, 0.15) is 41.0 Å². The summed E-state index contributed by atoms with van der Waals surface area (Å²) in [6, 6.07) is 0.760. The smallest absolute Gasteiger partial charge is 0.255 e. The highest BCUT2D eigenvalue weighted by Gasteiger charge is 2.68. The van der Waals surface area contributed by atoms with Gasteiger partial charge in [-0.2, -0.15) is 0 Å². The Morgan fingerprint density at radius 3 is 2.41 bits per heavy atom. The summed E-state index contributed by atoms with van der Waals surface area (Å²) in [4.78, 5) is 54.1.